The van der Waals surface area contributed by atoms with Crippen LogP contribution in [0.4, 0.5) is 19.0 Å². The zero-order valence-electron chi connectivity index (χ0n) is 14.7. The van der Waals surface area contributed by atoms with E-state index in [1.807, 2.05) is 0 Å². The van der Waals surface area contributed by atoms with E-state index in [1.165, 1.54) is 12.3 Å². The van der Waals surface area contributed by atoms with Gasteiger partial charge in [-0.1, -0.05) is 23.2 Å². The lowest BCUT2D eigenvalue weighted by Gasteiger charge is -2.13. The minimum absolute atomic E-state index is 0.00964. The first-order chi connectivity index (χ1) is 13.7. The first-order valence-corrected chi connectivity index (χ1v) is 8.75. The number of nitrogens with zero attached hydrogens (tertiary/aromatic N) is 2. The summed E-state index contributed by atoms with van der Waals surface area (Å²) >= 11 is 11.8. The summed E-state index contributed by atoms with van der Waals surface area (Å²) in [6.45, 7) is 0.165. The molecule has 0 aliphatic rings. The second-order valence-corrected chi connectivity index (χ2v) is 6.46. The van der Waals surface area contributed by atoms with Gasteiger partial charge in [-0.2, -0.15) is 13.2 Å². The molecule has 0 aliphatic heterocycles. The van der Waals surface area contributed by atoms with Crippen LogP contribution in [-0.4, -0.2) is 23.0 Å². The van der Waals surface area contributed by atoms with Gasteiger partial charge in [0, 0.05) is 5.56 Å². The van der Waals surface area contributed by atoms with Gasteiger partial charge >= 0.3 is 12.1 Å². The van der Waals surface area contributed by atoms with Gasteiger partial charge in [0.1, 0.15) is 16.6 Å². The maximum Gasteiger partial charge on any atom is 0.417 e. The third kappa shape index (κ3) is 4.63. The monoisotopic (exact) mass is 445 g/mol. The number of alkyl halides is 3. The van der Waals surface area contributed by atoms with Gasteiger partial charge in [0.15, 0.2) is 11.5 Å². The standard InChI is InChI=1S/C18H12Cl2F3N3O3/c1-28-17(27)14-13(20)16(24-8-10-3-2-6-29-10)26-15(25-14)9-4-5-12(19)11(7-9)18(21,22)23/h2-7H,8H2,1H3,(H,24,25,26). The molecule has 11 heteroatoms. The van der Waals surface area contributed by atoms with Crippen LogP contribution in [0.1, 0.15) is 21.8 Å². The van der Waals surface area contributed by atoms with Crippen LogP contribution in [-0.2, 0) is 17.5 Å². The number of hydrogen-bond donors (Lipinski definition) is 1. The largest absolute Gasteiger partial charge is 0.467 e. The van der Waals surface area contributed by atoms with Gasteiger partial charge in [-0.05, 0) is 30.3 Å². The summed E-state index contributed by atoms with van der Waals surface area (Å²) in [5, 5.41) is 2.25. The van der Waals surface area contributed by atoms with E-state index in [9.17, 15) is 18.0 Å². The van der Waals surface area contributed by atoms with Crippen LogP contribution < -0.4 is 5.32 Å². The van der Waals surface area contributed by atoms with E-state index >= 15 is 0 Å². The summed E-state index contributed by atoms with van der Waals surface area (Å²) in [5.74, 6) is -0.465. The molecule has 0 unspecified atom stereocenters. The molecule has 0 radical (unpaired) electrons. The fourth-order valence-corrected chi connectivity index (χ4v) is 2.84. The average molecular weight is 446 g/mol. The summed E-state index contributed by atoms with van der Waals surface area (Å²) in [7, 11) is 1.13. The average Bonchev–Trinajstić information content (AvgIpc) is 3.19. The molecule has 29 heavy (non-hydrogen) atoms. The van der Waals surface area contributed by atoms with Gasteiger partial charge in [-0.15, -0.1) is 0 Å². The molecule has 6 nitrogen and oxygen atoms in total. The number of methoxy groups -OCH3 is 1. The summed E-state index contributed by atoms with van der Waals surface area (Å²) in [6.07, 6.45) is -3.21. The summed E-state index contributed by atoms with van der Waals surface area (Å²) < 4.78 is 49.4. The van der Waals surface area contributed by atoms with E-state index < -0.39 is 22.7 Å². The summed E-state index contributed by atoms with van der Waals surface area (Å²) in [6, 6.07) is 6.54. The number of esters is 1. The lowest BCUT2D eigenvalue weighted by molar-refractivity contribution is -0.137. The predicted octanol–water partition coefficient (Wildman–Crippen LogP) is 5.46. The first-order valence-electron chi connectivity index (χ1n) is 8.00. The van der Waals surface area contributed by atoms with Gasteiger partial charge in [-0.3, -0.25) is 0 Å². The number of nitrogens with one attached hydrogen (secondary N) is 1. The number of furan rings is 1. The molecular formula is C18H12Cl2F3N3O3. The number of halogens is 5. The fourth-order valence-electron chi connectivity index (χ4n) is 2.39. The van der Waals surface area contributed by atoms with Gasteiger partial charge in [-0.25, -0.2) is 14.8 Å². The maximum atomic E-state index is 13.2. The Morgan fingerprint density at radius 3 is 2.62 bits per heavy atom. The maximum absolute atomic E-state index is 13.2. The third-order valence-corrected chi connectivity index (χ3v) is 4.46. The molecule has 3 rings (SSSR count). The van der Waals surface area contributed by atoms with Crippen LogP contribution in [0.3, 0.4) is 0 Å². The number of benzene rings is 1. The van der Waals surface area contributed by atoms with Crippen molar-refractivity contribution >= 4 is 35.0 Å². The minimum atomic E-state index is -4.68. The second-order valence-electron chi connectivity index (χ2n) is 5.68. The Morgan fingerprint density at radius 1 is 1.24 bits per heavy atom. The van der Waals surface area contributed by atoms with Crippen LogP contribution in [0.5, 0.6) is 0 Å². The fraction of sp³-hybridized carbons (Fsp3) is 0.167. The summed E-state index contributed by atoms with van der Waals surface area (Å²) in [4.78, 5) is 20.2. The van der Waals surface area contributed by atoms with E-state index in [4.69, 9.17) is 27.6 Å². The molecule has 0 saturated heterocycles. The molecule has 0 amide bonds. The van der Waals surface area contributed by atoms with Gasteiger partial charge in [0.2, 0.25) is 0 Å². The summed E-state index contributed by atoms with van der Waals surface area (Å²) in [5.41, 5.74) is -1.37. The van der Waals surface area contributed by atoms with E-state index in [2.05, 4.69) is 20.0 Å². The zero-order chi connectivity index (χ0) is 21.2. The Balaban J connectivity index is 2.08. The highest BCUT2D eigenvalue weighted by Gasteiger charge is 2.34. The molecule has 1 aromatic carbocycles. The molecular weight excluding hydrogens is 434 g/mol. The molecule has 0 saturated carbocycles. The highest BCUT2D eigenvalue weighted by molar-refractivity contribution is 6.35. The van der Waals surface area contributed by atoms with Gasteiger partial charge in [0.05, 0.1) is 30.5 Å². The van der Waals surface area contributed by atoms with Crippen LogP contribution in [0.2, 0.25) is 10.0 Å². The number of hydrogen-bond acceptors (Lipinski definition) is 6. The molecule has 0 aliphatic carbocycles. The van der Waals surface area contributed by atoms with Crippen LogP contribution in [0.25, 0.3) is 11.4 Å². The molecule has 0 bridgehead atoms. The molecule has 0 fully saturated rings. The molecule has 0 spiro atoms. The Bertz CT molecular complexity index is 1040. The number of carbonyl (C=O) groups is 1. The molecule has 1 N–H and O–H groups in total. The normalized spacial score (nSPS) is 11.4. The number of anilines is 1. The van der Waals surface area contributed by atoms with Crippen LogP contribution in [0, 0.1) is 0 Å². The topological polar surface area (TPSA) is 77.2 Å². The van der Waals surface area contributed by atoms with Crippen molar-refractivity contribution in [2.75, 3.05) is 12.4 Å². The van der Waals surface area contributed by atoms with Crippen LogP contribution >= 0.6 is 23.2 Å². The molecule has 152 valence electrons. The minimum Gasteiger partial charge on any atom is -0.467 e. The number of rotatable bonds is 5. The van der Waals surface area contributed by atoms with E-state index in [0.717, 1.165) is 19.2 Å². The van der Waals surface area contributed by atoms with E-state index in [-0.39, 0.29) is 34.5 Å². The number of aromatic nitrogens is 2. The number of ether oxygens (including phenoxy) is 1. The smallest absolute Gasteiger partial charge is 0.417 e. The first kappa shape index (κ1) is 20.9. The lowest BCUT2D eigenvalue weighted by Crippen LogP contribution is -2.12. The van der Waals surface area contributed by atoms with Crippen molar-refractivity contribution in [1.82, 2.24) is 9.97 Å². The quantitative estimate of drug-likeness (QED) is 0.525. The molecule has 3 aromatic rings. The Kier molecular flexibility index (Phi) is 5.99. The number of carbonyl (C=O) groups excluding carboxylic acids is 1. The van der Waals surface area contributed by atoms with Crippen molar-refractivity contribution in [3.8, 4) is 11.4 Å². The lowest BCUT2D eigenvalue weighted by atomic mass is 10.1. The molecule has 0 atom stereocenters. The molecule has 2 heterocycles. The van der Waals surface area contributed by atoms with Crippen molar-refractivity contribution in [1.29, 1.82) is 0 Å². The second kappa shape index (κ2) is 8.30. The van der Waals surface area contributed by atoms with Crippen molar-refractivity contribution in [3.63, 3.8) is 0 Å². The van der Waals surface area contributed by atoms with Crippen molar-refractivity contribution in [2.24, 2.45) is 0 Å². The Morgan fingerprint density at radius 2 is 2.00 bits per heavy atom. The van der Waals surface area contributed by atoms with Gasteiger partial charge in [0.25, 0.3) is 0 Å². The Hall–Kier alpha value is -2.78. The SMILES string of the molecule is COC(=O)c1nc(-c2ccc(Cl)c(C(F)(F)F)c2)nc(NCc2ccco2)c1Cl. The van der Waals surface area contributed by atoms with Gasteiger partial charge < -0.3 is 14.5 Å². The highest BCUT2D eigenvalue weighted by Crippen LogP contribution is 2.37. The predicted molar refractivity (Wildman–Crippen MR) is 99.9 cm³/mol. The van der Waals surface area contributed by atoms with Crippen molar-refractivity contribution in [2.45, 2.75) is 12.7 Å². The highest BCUT2D eigenvalue weighted by atomic mass is 35.5. The Labute approximate surface area is 172 Å². The zero-order valence-corrected chi connectivity index (χ0v) is 16.2. The molecule has 2 aromatic heterocycles. The van der Waals surface area contributed by atoms with Crippen molar-refractivity contribution < 1.29 is 27.1 Å². The third-order valence-electron chi connectivity index (χ3n) is 3.77. The van der Waals surface area contributed by atoms with E-state index in [0.29, 0.717) is 5.76 Å². The van der Waals surface area contributed by atoms with Crippen molar-refractivity contribution in [3.05, 3.63) is 63.7 Å². The van der Waals surface area contributed by atoms with Crippen LogP contribution in [0.15, 0.2) is 41.0 Å². The van der Waals surface area contributed by atoms with E-state index in [1.54, 1.807) is 12.1 Å².